The van der Waals surface area contributed by atoms with Crippen molar-refractivity contribution in [2.24, 2.45) is 5.73 Å². The third-order valence-corrected chi connectivity index (χ3v) is 4.19. The lowest BCUT2D eigenvalue weighted by Gasteiger charge is -2.27. The molecule has 0 radical (unpaired) electrons. The predicted molar refractivity (Wildman–Crippen MR) is 82.6 cm³/mol. The van der Waals surface area contributed by atoms with Gasteiger partial charge in [-0.1, -0.05) is 60.3 Å². The van der Waals surface area contributed by atoms with Crippen LogP contribution in [0.3, 0.4) is 0 Å². The molecular weight excluding hydrogens is 288 g/mol. The summed E-state index contributed by atoms with van der Waals surface area (Å²) in [4.78, 5) is 2.37. The Bertz CT molecular complexity index is 341. The zero-order valence-corrected chi connectivity index (χ0v) is 13.1. The molecule has 0 fully saturated rings. The molecule has 0 bridgehead atoms. The monoisotopic (exact) mass is 312 g/mol. The maximum atomic E-state index is 5.89. The average molecular weight is 313 g/mol. The van der Waals surface area contributed by atoms with Gasteiger partial charge >= 0.3 is 0 Å². The number of unbranched alkanes of at least 4 members (excludes halogenated alkanes) is 2. The van der Waals surface area contributed by atoms with Gasteiger partial charge in [-0.2, -0.15) is 0 Å². The lowest BCUT2D eigenvalue weighted by Crippen LogP contribution is -2.37. The van der Waals surface area contributed by atoms with Gasteiger partial charge in [0.15, 0.2) is 0 Å². The van der Waals surface area contributed by atoms with E-state index in [1.54, 1.807) is 0 Å². The Kier molecular flexibility index (Phi) is 7.56. The molecule has 0 amide bonds. The minimum absolute atomic E-state index is 0.489. The topological polar surface area (TPSA) is 29.3 Å². The van der Waals surface area contributed by atoms with Crippen molar-refractivity contribution in [2.75, 3.05) is 13.6 Å². The fourth-order valence-electron chi connectivity index (χ4n) is 2.17. The predicted octanol–water partition coefficient (Wildman–Crippen LogP) is 3.79. The highest BCUT2D eigenvalue weighted by molar-refractivity contribution is 9.10. The van der Waals surface area contributed by atoms with Crippen LogP contribution in [0.1, 0.15) is 38.2 Å². The first-order chi connectivity index (χ1) is 8.69. The van der Waals surface area contributed by atoms with E-state index in [4.69, 9.17) is 5.73 Å². The van der Waals surface area contributed by atoms with Gasteiger partial charge in [0.25, 0.3) is 0 Å². The lowest BCUT2D eigenvalue weighted by molar-refractivity contribution is 0.222. The zero-order valence-electron chi connectivity index (χ0n) is 11.5. The van der Waals surface area contributed by atoms with Gasteiger partial charge in [0.1, 0.15) is 0 Å². The number of halogens is 1. The van der Waals surface area contributed by atoms with Crippen LogP contribution >= 0.6 is 15.9 Å². The second-order valence-corrected chi connectivity index (χ2v) is 5.75. The van der Waals surface area contributed by atoms with Crippen LogP contribution in [0.2, 0.25) is 0 Å². The van der Waals surface area contributed by atoms with Crippen LogP contribution in [0.25, 0.3) is 0 Å². The summed E-state index contributed by atoms with van der Waals surface area (Å²) < 4.78 is 1.18. The Labute approximate surface area is 120 Å². The minimum Gasteiger partial charge on any atom is -0.329 e. The maximum absolute atomic E-state index is 5.89. The van der Waals surface area contributed by atoms with Crippen molar-refractivity contribution < 1.29 is 0 Å². The SMILES string of the molecule is CCCCCC(CN)N(C)Cc1ccccc1Br. The van der Waals surface area contributed by atoms with Crippen molar-refractivity contribution in [2.45, 2.75) is 45.2 Å². The molecule has 1 atom stereocenters. The molecule has 1 rings (SSSR count). The summed E-state index contributed by atoms with van der Waals surface area (Å²) in [7, 11) is 2.17. The van der Waals surface area contributed by atoms with E-state index in [2.05, 4.69) is 59.1 Å². The molecule has 1 unspecified atom stereocenters. The molecule has 18 heavy (non-hydrogen) atoms. The average Bonchev–Trinajstić information content (AvgIpc) is 2.37. The van der Waals surface area contributed by atoms with Crippen LogP contribution in [0.5, 0.6) is 0 Å². The molecule has 1 aromatic carbocycles. The van der Waals surface area contributed by atoms with E-state index >= 15 is 0 Å². The summed E-state index contributed by atoms with van der Waals surface area (Å²) in [6, 6.07) is 8.89. The van der Waals surface area contributed by atoms with E-state index in [-0.39, 0.29) is 0 Å². The van der Waals surface area contributed by atoms with Crippen LogP contribution in [0.4, 0.5) is 0 Å². The van der Waals surface area contributed by atoms with E-state index in [1.807, 2.05) is 0 Å². The summed E-state index contributed by atoms with van der Waals surface area (Å²) in [5.74, 6) is 0. The van der Waals surface area contributed by atoms with Crippen molar-refractivity contribution in [3.8, 4) is 0 Å². The van der Waals surface area contributed by atoms with Crippen LogP contribution in [0, 0.1) is 0 Å². The molecule has 2 N–H and O–H groups in total. The summed E-state index contributed by atoms with van der Waals surface area (Å²) >= 11 is 3.60. The number of rotatable bonds is 8. The van der Waals surface area contributed by atoms with Crippen molar-refractivity contribution in [1.82, 2.24) is 4.90 Å². The van der Waals surface area contributed by atoms with Gasteiger partial charge in [0.05, 0.1) is 0 Å². The highest BCUT2D eigenvalue weighted by Crippen LogP contribution is 2.19. The number of nitrogens with two attached hydrogens (primary N) is 1. The lowest BCUT2D eigenvalue weighted by atomic mass is 10.1. The molecule has 0 heterocycles. The van der Waals surface area contributed by atoms with Gasteiger partial charge in [-0.25, -0.2) is 0 Å². The number of likely N-dealkylation sites (N-methyl/N-ethyl adjacent to an activating group) is 1. The first-order valence-electron chi connectivity index (χ1n) is 6.82. The highest BCUT2D eigenvalue weighted by atomic mass is 79.9. The normalized spacial score (nSPS) is 12.9. The van der Waals surface area contributed by atoms with Gasteiger partial charge in [0, 0.05) is 23.6 Å². The van der Waals surface area contributed by atoms with Crippen LogP contribution in [-0.4, -0.2) is 24.5 Å². The van der Waals surface area contributed by atoms with Crippen molar-refractivity contribution in [3.63, 3.8) is 0 Å². The molecule has 0 saturated heterocycles. The smallest absolute Gasteiger partial charge is 0.0245 e. The van der Waals surface area contributed by atoms with Gasteiger partial charge < -0.3 is 5.73 Å². The summed E-state index contributed by atoms with van der Waals surface area (Å²) in [6.07, 6.45) is 5.05. The van der Waals surface area contributed by atoms with E-state index in [0.29, 0.717) is 6.04 Å². The summed E-state index contributed by atoms with van der Waals surface area (Å²) in [5, 5.41) is 0. The van der Waals surface area contributed by atoms with E-state index in [0.717, 1.165) is 13.1 Å². The molecule has 0 spiro atoms. The molecule has 0 aliphatic heterocycles. The largest absolute Gasteiger partial charge is 0.329 e. The Hall–Kier alpha value is -0.380. The minimum atomic E-state index is 0.489. The molecule has 0 aliphatic carbocycles. The molecule has 0 saturated carbocycles. The van der Waals surface area contributed by atoms with Crippen molar-refractivity contribution in [3.05, 3.63) is 34.3 Å². The number of nitrogens with zero attached hydrogens (tertiary/aromatic N) is 1. The molecule has 2 nitrogen and oxygen atoms in total. The van der Waals surface area contributed by atoms with Crippen molar-refractivity contribution in [1.29, 1.82) is 0 Å². The Morgan fingerprint density at radius 3 is 2.61 bits per heavy atom. The first kappa shape index (κ1) is 15.7. The number of hydrogen-bond donors (Lipinski definition) is 1. The number of benzene rings is 1. The summed E-state index contributed by atoms with van der Waals surface area (Å²) in [5.41, 5.74) is 7.22. The van der Waals surface area contributed by atoms with Gasteiger partial charge in [-0.15, -0.1) is 0 Å². The van der Waals surface area contributed by atoms with Gasteiger partial charge in [0.2, 0.25) is 0 Å². The van der Waals surface area contributed by atoms with Crippen molar-refractivity contribution >= 4 is 15.9 Å². The fourth-order valence-corrected chi connectivity index (χ4v) is 2.58. The zero-order chi connectivity index (χ0) is 13.4. The molecule has 3 heteroatoms. The van der Waals surface area contributed by atoms with E-state index in [9.17, 15) is 0 Å². The van der Waals surface area contributed by atoms with Crippen LogP contribution in [-0.2, 0) is 6.54 Å². The molecule has 1 aromatic rings. The highest BCUT2D eigenvalue weighted by Gasteiger charge is 2.13. The Balaban J connectivity index is 2.51. The second kappa shape index (κ2) is 8.68. The molecule has 0 aromatic heterocycles. The first-order valence-corrected chi connectivity index (χ1v) is 7.62. The quantitative estimate of drug-likeness (QED) is 0.740. The third-order valence-electron chi connectivity index (χ3n) is 3.41. The second-order valence-electron chi connectivity index (χ2n) is 4.89. The fraction of sp³-hybridized carbons (Fsp3) is 0.600. The molecule has 0 aliphatic rings. The molecular formula is C15H25BrN2. The Morgan fingerprint density at radius 2 is 2.00 bits per heavy atom. The molecule has 102 valence electrons. The van der Waals surface area contributed by atoms with Crippen LogP contribution in [0.15, 0.2) is 28.7 Å². The third kappa shape index (κ3) is 5.09. The summed E-state index contributed by atoms with van der Waals surface area (Å²) in [6.45, 7) is 3.93. The van der Waals surface area contributed by atoms with E-state index < -0.39 is 0 Å². The van der Waals surface area contributed by atoms with Gasteiger partial charge in [-0.3, -0.25) is 4.90 Å². The number of hydrogen-bond acceptors (Lipinski definition) is 2. The Morgan fingerprint density at radius 1 is 1.28 bits per heavy atom. The maximum Gasteiger partial charge on any atom is 0.0245 e. The standard InChI is InChI=1S/C15H25BrN2/c1-3-4-5-9-14(11-17)18(2)12-13-8-6-7-10-15(13)16/h6-8,10,14H,3-5,9,11-12,17H2,1-2H3. The van der Waals surface area contributed by atoms with E-state index in [1.165, 1.54) is 35.7 Å². The van der Waals surface area contributed by atoms with Gasteiger partial charge in [-0.05, 0) is 25.1 Å². The van der Waals surface area contributed by atoms with Crippen LogP contribution < -0.4 is 5.73 Å².